The van der Waals surface area contributed by atoms with Crippen LogP contribution in [-0.2, 0) is 22.7 Å². The third-order valence-electron chi connectivity index (χ3n) is 5.41. The molecule has 0 amide bonds. The van der Waals surface area contributed by atoms with Crippen molar-refractivity contribution < 1.29 is 9.47 Å². The Morgan fingerprint density at radius 3 is 2.00 bits per heavy atom. The van der Waals surface area contributed by atoms with Gasteiger partial charge in [0.2, 0.25) is 0 Å². The van der Waals surface area contributed by atoms with Gasteiger partial charge in [-0.3, -0.25) is 14.3 Å². The van der Waals surface area contributed by atoms with Crippen molar-refractivity contribution in [3.05, 3.63) is 103 Å². The highest BCUT2D eigenvalue weighted by Gasteiger charge is 2.56. The summed E-state index contributed by atoms with van der Waals surface area (Å²) in [5.74, 6) is 0. The maximum absolute atomic E-state index is 12.4. The average molecular weight is 471 g/mol. The SMILES string of the molecule is O=c1[nH]c(=O)n(C2CC2(COCc2ccccc2)COCc2ccccc2)cc1Br. The molecule has 1 aliphatic carbocycles. The first kappa shape index (κ1) is 20.8. The zero-order chi connectivity index (χ0) is 21.0. The summed E-state index contributed by atoms with van der Waals surface area (Å²) in [7, 11) is 0. The molecule has 1 atom stereocenters. The van der Waals surface area contributed by atoms with E-state index in [1.807, 2.05) is 60.7 Å². The van der Waals surface area contributed by atoms with Crippen LogP contribution in [0.5, 0.6) is 0 Å². The summed E-state index contributed by atoms with van der Waals surface area (Å²) in [5, 5.41) is 0. The third kappa shape index (κ3) is 4.80. The molecule has 3 aromatic rings. The van der Waals surface area contributed by atoms with E-state index in [1.54, 1.807) is 10.8 Å². The van der Waals surface area contributed by atoms with Crippen LogP contribution in [-0.4, -0.2) is 22.8 Å². The number of aromatic nitrogens is 2. The fourth-order valence-corrected chi connectivity index (χ4v) is 3.98. The third-order valence-corrected chi connectivity index (χ3v) is 5.97. The van der Waals surface area contributed by atoms with E-state index < -0.39 is 11.2 Å². The number of H-pyrrole nitrogens is 1. The van der Waals surface area contributed by atoms with E-state index in [-0.39, 0.29) is 11.5 Å². The van der Waals surface area contributed by atoms with Gasteiger partial charge in [-0.15, -0.1) is 0 Å². The standard InChI is InChI=1S/C23H23BrN2O4/c24-19-12-26(22(28)25-21(19)27)20-11-23(20,15-29-13-17-7-3-1-4-8-17)16-30-14-18-9-5-2-6-10-18/h1-10,12,20H,11,13-16H2,(H,25,27,28). The first-order valence-electron chi connectivity index (χ1n) is 9.82. The largest absolute Gasteiger partial charge is 0.376 e. The summed E-state index contributed by atoms with van der Waals surface area (Å²) in [5.41, 5.74) is 1.03. The number of ether oxygens (including phenoxy) is 2. The molecular formula is C23H23BrN2O4. The van der Waals surface area contributed by atoms with Crippen LogP contribution in [0.3, 0.4) is 0 Å². The molecule has 30 heavy (non-hydrogen) atoms. The van der Waals surface area contributed by atoms with Gasteiger partial charge < -0.3 is 9.47 Å². The Bertz CT molecular complexity index is 1050. The number of rotatable bonds is 9. The maximum Gasteiger partial charge on any atom is 0.328 e. The molecule has 0 spiro atoms. The molecule has 156 valence electrons. The quantitative estimate of drug-likeness (QED) is 0.517. The van der Waals surface area contributed by atoms with Gasteiger partial charge in [0.15, 0.2) is 0 Å². The van der Waals surface area contributed by atoms with Crippen LogP contribution >= 0.6 is 15.9 Å². The fraction of sp³-hybridized carbons (Fsp3) is 0.304. The number of aromatic amines is 1. The summed E-state index contributed by atoms with van der Waals surface area (Å²) >= 11 is 3.21. The number of nitrogens with zero attached hydrogens (tertiary/aromatic N) is 1. The number of nitrogens with one attached hydrogen (secondary N) is 1. The lowest BCUT2D eigenvalue weighted by atomic mass is 10.1. The van der Waals surface area contributed by atoms with Crippen LogP contribution < -0.4 is 11.2 Å². The van der Waals surface area contributed by atoms with Crippen molar-refractivity contribution >= 4 is 15.9 Å². The first-order chi connectivity index (χ1) is 14.6. The van der Waals surface area contributed by atoms with Crippen LogP contribution in [0.2, 0.25) is 0 Å². The molecule has 1 saturated carbocycles. The van der Waals surface area contributed by atoms with Crippen LogP contribution in [0.1, 0.15) is 23.6 Å². The second-order valence-corrected chi connectivity index (χ2v) is 8.54. The molecule has 2 aromatic carbocycles. The van der Waals surface area contributed by atoms with E-state index in [1.165, 1.54) is 0 Å². The molecule has 7 heteroatoms. The Morgan fingerprint density at radius 1 is 0.933 bits per heavy atom. The predicted octanol–water partition coefficient (Wildman–Crippen LogP) is 3.66. The van der Waals surface area contributed by atoms with E-state index in [2.05, 4.69) is 20.9 Å². The van der Waals surface area contributed by atoms with E-state index in [9.17, 15) is 9.59 Å². The van der Waals surface area contributed by atoms with E-state index in [0.717, 1.165) is 17.5 Å². The predicted molar refractivity (Wildman–Crippen MR) is 117 cm³/mol. The second kappa shape index (κ2) is 9.12. The van der Waals surface area contributed by atoms with Crippen molar-refractivity contribution in [3.63, 3.8) is 0 Å². The normalized spacial score (nSPS) is 17.0. The van der Waals surface area contributed by atoms with Gasteiger partial charge >= 0.3 is 5.69 Å². The van der Waals surface area contributed by atoms with E-state index >= 15 is 0 Å². The number of hydrogen-bond acceptors (Lipinski definition) is 4. The molecule has 1 aromatic heterocycles. The number of halogens is 1. The molecule has 0 saturated heterocycles. The molecule has 6 nitrogen and oxygen atoms in total. The summed E-state index contributed by atoms with van der Waals surface area (Å²) in [4.78, 5) is 26.4. The topological polar surface area (TPSA) is 73.3 Å². The van der Waals surface area contributed by atoms with Gasteiger partial charge in [0, 0.05) is 17.7 Å². The smallest absolute Gasteiger partial charge is 0.328 e. The minimum atomic E-state index is -0.428. The number of benzene rings is 2. The van der Waals surface area contributed by atoms with Crippen molar-refractivity contribution in [1.82, 2.24) is 9.55 Å². The van der Waals surface area contributed by atoms with Gasteiger partial charge in [-0.1, -0.05) is 60.7 Å². The van der Waals surface area contributed by atoms with E-state index in [4.69, 9.17) is 9.47 Å². The van der Waals surface area contributed by atoms with Crippen LogP contribution in [0, 0.1) is 5.41 Å². The van der Waals surface area contributed by atoms with Crippen molar-refractivity contribution in [2.75, 3.05) is 13.2 Å². The summed E-state index contributed by atoms with van der Waals surface area (Å²) in [6, 6.07) is 19.9. The molecule has 1 aliphatic rings. The lowest BCUT2D eigenvalue weighted by Gasteiger charge is -2.19. The zero-order valence-electron chi connectivity index (χ0n) is 16.4. The molecule has 1 unspecified atom stereocenters. The molecule has 0 radical (unpaired) electrons. The summed E-state index contributed by atoms with van der Waals surface area (Å²) in [6.07, 6.45) is 2.30. The van der Waals surface area contributed by atoms with Crippen molar-refractivity contribution in [2.45, 2.75) is 25.7 Å². The Kier molecular flexibility index (Phi) is 6.32. The summed E-state index contributed by atoms with van der Waals surface area (Å²) < 4.78 is 13.9. The maximum atomic E-state index is 12.4. The van der Waals surface area contributed by atoms with Crippen molar-refractivity contribution in [3.8, 4) is 0 Å². The molecule has 0 bridgehead atoms. The Balaban J connectivity index is 1.46. The van der Waals surface area contributed by atoms with Crippen molar-refractivity contribution in [2.24, 2.45) is 5.41 Å². The summed E-state index contributed by atoms with van der Waals surface area (Å²) in [6.45, 7) is 1.92. The van der Waals surface area contributed by atoms with Gasteiger partial charge in [-0.05, 0) is 33.5 Å². The molecule has 1 N–H and O–H groups in total. The van der Waals surface area contributed by atoms with Crippen LogP contribution in [0.4, 0.5) is 0 Å². The average Bonchev–Trinajstić information content (AvgIpc) is 3.46. The van der Waals surface area contributed by atoms with Crippen LogP contribution in [0.15, 0.2) is 80.9 Å². The minimum Gasteiger partial charge on any atom is -0.376 e. The van der Waals surface area contributed by atoms with Gasteiger partial charge in [0.05, 0.1) is 30.9 Å². The lowest BCUT2D eigenvalue weighted by molar-refractivity contribution is 0.00912. The van der Waals surface area contributed by atoms with Crippen molar-refractivity contribution in [1.29, 1.82) is 0 Å². The molecular weight excluding hydrogens is 448 g/mol. The second-order valence-electron chi connectivity index (χ2n) is 7.68. The van der Waals surface area contributed by atoms with Gasteiger partial charge in [-0.2, -0.15) is 0 Å². The Labute approximate surface area is 182 Å². The lowest BCUT2D eigenvalue weighted by Crippen LogP contribution is -2.32. The highest BCUT2D eigenvalue weighted by atomic mass is 79.9. The van der Waals surface area contributed by atoms with E-state index in [0.29, 0.717) is 30.9 Å². The molecule has 0 aliphatic heterocycles. The first-order valence-corrected chi connectivity index (χ1v) is 10.6. The monoisotopic (exact) mass is 470 g/mol. The Morgan fingerprint density at radius 2 is 1.47 bits per heavy atom. The zero-order valence-corrected chi connectivity index (χ0v) is 18.0. The molecule has 4 rings (SSSR count). The minimum absolute atomic E-state index is 0.0929. The van der Waals surface area contributed by atoms with Gasteiger partial charge in [-0.25, -0.2) is 4.79 Å². The van der Waals surface area contributed by atoms with Gasteiger partial charge in [0.1, 0.15) is 0 Å². The molecule has 1 heterocycles. The number of hydrogen-bond donors (Lipinski definition) is 1. The molecule has 1 fully saturated rings. The van der Waals surface area contributed by atoms with Crippen LogP contribution in [0.25, 0.3) is 0 Å². The highest BCUT2D eigenvalue weighted by molar-refractivity contribution is 9.10. The van der Waals surface area contributed by atoms with Gasteiger partial charge in [0.25, 0.3) is 5.56 Å². The highest BCUT2D eigenvalue weighted by Crippen LogP contribution is 2.56. The Hall–Kier alpha value is -2.48. The fourth-order valence-electron chi connectivity index (χ4n) is 3.66.